The van der Waals surface area contributed by atoms with Gasteiger partial charge in [-0.2, -0.15) is 5.26 Å². The van der Waals surface area contributed by atoms with Crippen LogP contribution in [0.5, 0.6) is 0 Å². The van der Waals surface area contributed by atoms with E-state index in [0.717, 1.165) is 42.5 Å². The smallest absolute Gasteiger partial charge is 0.136 e. The van der Waals surface area contributed by atoms with Crippen molar-refractivity contribution < 1.29 is 8.78 Å². The van der Waals surface area contributed by atoms with Crippen molar-refractivity contribution in [2.75, 3.05) is 13.6 Å². The van der Waals surface area contributed by atoms with Crippen LogP contribution in [0.25, 0.3) is 0 Å². The van der Waals surface area contributed by atoms with Gasteiger partial charge in [-0.25, -0.2) is 8.78 Å². The lowest BCUT2D eigenvalue weighted by Gasteiger charge is -2.26. The number of alkyl halides is 2. The third-order valence-electron chi connectivity index (χ3n) is 6.68. The average Bonchev–Trinajstić information content (AvgIpc) is 3.70. The van der Waals surface area contributed by atoms with Crippen molar-refractivity contribution in [2.45, 2.75) is 76.2 Å². The van der Waals surface area contributed by atoms with Crippen LogP contribution in [0.15, 0.2) is 48.5 Å². The van der Waals surface area contributed by atoms with E-state index in [1.165, 1.54) is 12.5 Å². The number of halogens is 2. The first-order chi connectivity index (χ1) is 14.8. The number of likely N-dealkylation sites (N-methyl/N-ethyl adjacent to an activating group) is 1. The summed E-state index contributed by atoms with van der Waals surface area (Å²) in [5, 5.41) is 7.32. The maximum Gasteiger partial charge on any atom is 0.136 e. The van der Waals surface area contributed by atoms with Gasteiger partial charge >= 0.3 is 0 Å². The molecule has 0 radical (unpaired) electrons. The van der Waals surface area contributed by atoms with E-state index in [4.69, 9.17) is 5.26 Å². The lowest BCUT2D eigenvalue weighted by Crippen LogP contribution is -2.31. The SMILES string of the molecule is CC#N.CC(CCc1c(C2(F)CC2)cccc1C1(F)CC1)N(C)CCc1ccccc1. The van der Waals surface area contributed by atoms with Gasteiger partial charge in [-0.3, -0.25) is 0 Å². The number of nitriles is 1. The molecule has 0 bridgehead atoms. The minimum atomic E-state index is -1.21. The summed E-state index contributed by atoms with van der Waals surface area (Å²) in [4.78, 5) is 2.36. The van der Waals surface area contributed by atoms with Crippen LogP contribution < -0.4 is 0 Å². The van der Waals surface area contributed by atoms with Gasteiger partial charge in [0.2, 0.25) is 0 Å². The number of hydrogen-bond acceptors (Lipinski definition) is 2. The van der Waals surface area contributed by atoms with Crippen molar-refractivity contribution in [1.29, 1.82) is 5.26 Å². The molecule has 2 aromatic carbocycles. The van der Waals surface area contributed by atoms with Gasteiger partial charge in [-0.1, -0.05) is 48.5 Å². The first kappa shape index (κ1) is 23.4. The second-order valence-electron chi connectivity index (χ2n) is 9.09. The molecule has 2 aliphatic rings. The van der Waals surface area contributed by atoms with E-state index in [9.17, 15) is 8.78 Å². The Morgan fingerprint density at radius 3 is 1.94 bits per heavy atom. The molecule has 0 saturated heterocycles. The van der Waals surface area contributed by atoms with Crippen LogP contribution >= 0.6 is 0 Å². The molecule has 4 heteroatoms. The van der Waals surface area contributed by atoms with Crippen molar-refractivity contribution in [2.24, 2.45) is 0 Å². The predicted octanol–water partition coefficient (Wildman–Crippen LogP) is 6.63. The highest BCUT2D eigenvalue weighted by atomic mass is 19.1. The van der Waals surface area contributed by atoms with Gasteiger partial charge in [0, 0.05) is 19.5 Å². The van der Waals surface area contributed by atoms with Crippen LogP contribution in [0.4, 0.5) is 8.78 Å². The van der Waals surface area contributed by atoms with Crippen molar-refractivity contribution in [3.63, 3.8) is 0 Å². The molecule has 2 saturated carbocycles. The van der Waals surface area contributed by atoms with Gasteiger partial charge in [0.05, 0.1) is 6.07 Å². The van der Waals surface area contributed by atoms with Crippen molar-refractivity contribution in [3.05, 3.63) is 70.8 Å². The van der Waals surface area contributed by atoms with Gasteiger partial charge in [0.1, 0.15) is 11.3 Å². The summed E-state index contributed by atoms with van der Waals surface area (Å²) in [7, 11) is 2.15. The number of rotatable bonds is 9. The Labute approximate surface area is 185 Å². The van der Waals surface area contributed by atoms with E-state index >= 15 is 0 Å². The summed E-state index contributed by atoms with van der Waals surface area (Å²) >= 11 is 0. The van der Waals surface area contributed by atoms with Gasteiger partial charge in [-0.05, 0) is 81.2 Å². The second-order valence-corrected chi connectivity index (χ2v) is 9.09. The molecule has 0 N–H and O–H groups in total. The fourth-order valence-electron chi connectivity index (χ4n) is 4.20. The van der Waals surface area contributed by atoms with Gasteiger partial charge in [-0.15, -0.1) is 0 Å². The first-order valence-corrected chi connectivity index (χ1v) is 11.4. The fourth-order valence-corrected chi connectivity index (χ4v) is 4.20. The summed E-state index contributed by atoms with van der Waals surface area (Å²) < 4.78 is 29.9. The summed E-state index contributed by atoms with van der Waals surface area (Å²) in [6.07, 6.45) is 5.00. The normalized spacial score (nSPS) is 18.5. The molecule has 4 rings (SSSR count). The van der Waals surface area contributed by atoms with Crippen LogP contribution in [0.3, 0.4) is 0 Å². The highest BCUT2D eigenvalue weighted by molar-refractivity contribution is 5.46. The molecule has 1 unspecified atom stereocenters. The zero-order valence-corrected chi connectivity index (χ0v) is 19.0. The average molecular weight is 425 g/mol. The van der Waals surface area contributed by atoms with Crippen molar-refractivity contribution in [1.82, 2.24) is 4.90 Å². The fraction of sp³-hybridized carbons (Fsp3) is 0.519. The molecule has 2 fully saturated rings. The van der Waals surface area contributed by atoms with E-state index < -0.39 is 11.3 Å². The molecular formula is C27H34F2N2. The molecule has 0 aromatic heterocycles. The van der Waals surface area contributed by atoms with Crippen LogP contribution in [-0.4, -0.2) is 24.5 Å². The Balaban J connectivity index is 0.000000858. The molecule has 2 nitrogen and oxygen atoms in total. The summed E-state index contributed by atoms with van der Waals surface area (Å²) in [6, 6.07) is 18.3. The molecule has 2 aliphatic carbocycles. The first-order valence-electron chi connectivity index (χ1n) is 11.4. The molecule has 166 valence electrons. The Hall–Kier alpha value is -2.25. The standard InChI is InChI=1S/C25H31F2N.C2H3N/c1-19(28(2)18-13-20-7-4-3-5-8-20)11-12-21-22(24(26)14-15-24)9-6-10-23(21)25(27)16-17-25;1-2-3/h3-10,19H,11-18H2,1-2H3;1H3. The van der Waals surface area contributed by atoms with Crippen LogP contribution in [-0.2, 0) is 24.2 Å². The van der Waals surface area contributed by atoms with E-state index in [1.807, 2.05) is 24.3 Å². The third-order valence-corrected chi connectivity index (χ3v) is 6.68. The third kappa shape index (κ3) is 5.92. The second kappa shape index (κ2) is 9.92. The van der Waals surface area contributed by atoms with Crippen LogP contribution in [0.1, 0.15) is 68.2 Å². The number of benzene rings is 2. The van der Waals surface area contributed by atoms with E-state index in [0.29, 0.717) is 31.7 Å². The minimum Gasteiger partial charge on any atom is -0.303 e. The highest BCUT2D eigenvalue weighted by Gasteiger charge is 2.50. The quantitative estimate of drug-likeness (QED) is 0.452. The molecule has 0 aliphatic heterocycles. The van der Waals surface area contributed by atoms with E-state index in [-0.39, 0.29) is 0 Å². The Kier molecular flexibility index (Phi) is 7.49. The van der Waals surface area contributed by atoms with Gasteiger partial charge in [0.25, 0.3) is 0 Å². The number of hydrogen-bond donors (Lipinski definition) is 0. The van der Waals surface area contributed by atoms with E-state index in [2.05, 4.69) is 43.1 Å². The monoisotopic (exact) mass is 424 g/mol. The maximum absolute atomic E-state index is 14.9. The minimum absolute atomic E-state index is 0.370. The van der Waals surface area contributed by atoms with E-state index in [1.54, 1.807) is 6.07 Å². The van der Waals surface area contributed by atoms with Gasteiger partial charge in [0.15, 0.2) is 0 Å². The highest BCUT2D eigenvalue weighted by Crippen LogP contribution is 2.55. The largest absolute Gasteiger partial charge is 0.303 e. The van der Waals surface area contributed by atoms with Crippen LogP contribution in [0.2, 0.25) is 0 Å². The van der Waals surface area contributed by atoms with Crippen molar-refractivity contribution >= 4 is 0 Å². The zero-order chi connectivity index (χ0) is 22.5. The molecule has 0 heterocycles. The summed E-state index contributed by atoms with van der Waals surface area (Å²) in [5.74, 6) is 0. The van der Waals surface area contributed by atoms with Crippen molar-refractivity contribution in [3.8, 4) is 6.07 Å². The molecule has 31 heavy (non-hydrogen) atoms. The van der Waals surface area contributed by atoms with Gasteiger partial charge < -0.3 is 4.90 Å². The molecule has 1 atom stereocenters. The molecule has 0 spiro atoms. The predicted molar refractivity (Wildman–Crippen MR) is 122 cm³/mol. The Bertz CT molecular complexity index is 859. The molecule has 2 aromatic rings. The van der Waals surface area contributed by atoms with Crippen LogP contribution in [0, 0.1) is 11.3 Å². The zero-order valence-electron chi connectivity index (χ0n) is 19.0. The Morgan fingerprint density at radius 2 is 1.45 bits per heavy atom. The lowest BCUT2D eigenvalue weighted by molar-refractivity contribution is 0.247. The number of nitrogens with zero attached hydrogens (tertiary/aromatic N) is 2. The summed E-state index contributed by atoms with van der Waals surface area (Å²) in [5.41, 5.74) is 1.39. The molecular weight excluding hydrogens is 390 g/mol. The summed E-state index contributed by atoms with van der Waals surface area (Å²) in [6.45, 7) is 4.64. The Morgan fingerprint density at radius 1 is 0.935 bits per heavy atom. The topological polar surface area (TPSA) is 27.0 Å². The maximum atomic E-state index is 14.9. The lowest BCUT2D eigenvalue weighted by atomic mass is 9.89. The molecule has 0 amide bonds.